The average molecular weight is 357 g/mol. The molecule has 0 bridgehead atoms. The van der Waals surface area contributed by atoms with Gasteiger partial charge in [-0.3, -0.25) is 14.6 Å². The highest BCUT2D eigenvalue weighted by Crippen LogP contribution is 2.37. The van der Waals surface area contributed by atoms with Crippen molar-refractivity contribution in [3.8, 4) is 6.07 Å². The molecule has 1 aliphatic heterocycles. The molecule has 0 saturated heterocycles. The summed E-state index contributed by atoms with van der Waals surface area (Å²) in [4.78, 5) is 32.3. The zero-order valence-electron chi connectivity index (χ0n) is 14.1. The summed E-state index contributed by atoms with van der Waals surface area (Å²) in [5.74, 6) is -1.77. The standard InChI is InChI=1S/C20H15N5O2/c21-11-14-15(12-7-3-1-4-8-12)16-17(23-18(14)26)24-20(25-19(16)27)22-13-9-5-2-6-10-13/h1-10,14-15H,(H3,22,23,24,25,26,27)/t14-,15-/m1/s1. The topological polar surface area (TPSA) is 111 Å². The van der Waals surface area contributed by atoms with Crippen molar-refractivity contribution < 1.29 is 4.79 Å². The van der Waals surface area contributed by atoms with Crippen LogP contribution < -0.4 is 16.2 Å². The van der Waals surface area contributed by atoms with Gasteiger partial charge in [-0.2, -0.15) is 10.2 Å². The van der Waals surface area contributed by atoms with Crippen LogP contribution in [0.4, 0.5) is 17.5 Å². The van der Waals surface area contributed by atoms with Gasteiger partial charge in [-0.1, -0.05) is 48.5 Å². The Kier molecular flexibility index (Phi) is 4.15. The Bertz CT molecular complexity index is 1090. The zero-order valence-corrected chi connectivity index (χ0v) is 14.1. The molecule has 0 saturated carbocycles. The summed E-state index contributed by atoms with van der Waals surface area (Å²) in [6.45, 7) is 0. The Morgan fingerprint density at radius 1 is 1.00 bits per heavy atom. The fourth-order valence-corrected chi connectivity index (χ4v) is 3.25. The van der Waals surface area contributed by atoms with Crippen LogP contribution in [0.15, 0.2) is 65.5 Å². The average Bonchev–Trinajstić information content (AvgIpc) is 2.68. The lowest BCUT2D eigenvalue weighted by atomic mass is 9.79. The van der Waals surface area contributed by atoms with E-state index in [0.29, 0.717) is 0 Å². The van der Waals surface area contributed by atoms with Crippen LogP contribution in [0.2, 0.25) is 0 Å². The predicted octanol–water partition coefficient (Wildman–Crippen LogP) is 2.74. The van der Waals surface area contributed by atoms with Gasteiger partial charge in [-0.25, -0.2) is 0 Å². The number of amides is 1. The van der Waals surface area contributed by atoms with Crippen LogP contribution in [0.1, 0.15) is 17.0 Å². The van der Waals surface area contributed by atoms with Crippen molar-refractivity contribution in [2.24, 2.45) is 5.92 Å². The Balaban J connectivity index is 1.82. The van der Waals surface area contributed by atoms with Crippen molar-refractivity contribution >= 4 is 23.4 Å². The fourth-order valence-electron chi connectivity index (χ4n) is 3.25. The van der Waals surface area contributed by atoms with Crippen LogP contribution in [0.25, 0.3) is 0 Å². The maximum absolute atomic E-state index is 12.8. The Hall–Kier alpha value is -3.92. The first-order chi connectivity index (χ1) is 13.2. The molecule has 0 aliphatic carbocycles. The molecular weight excluding hydrogens is 342 g/mol. The molecule has 1 aliphatic rings. The number of carbonyl (C=O) groups excluding carboxylic acids is 1. The van der Waals surface area contributed by atoms with Gasteiger partial charge in [0.25, 0.3) is 5.56 Å². The summed E-state index contributed by atoms with van der Waals surface area (Å²) in [6, 6.07) is 20.3. The lowest BCUT2D eigenvalue weighted by molar-refractivity contribution is -0.119. The van der Waals surface area contributed by atoms with E-state index < -0.39 is 23.3 Å². The minimum absolute atomic E-state index is 0.169. The van der Waals surface area contributed by atoms with E-state index in [1.54, 1.807) is 12.1 Å². The van der Waals surface area contributed by atoms with E-state index >= 15 is 0 Å². The van der Waals surface area contributed by atoms with E-state index in [1.807, 2.05) is 54.6 Å². The monoisotopic (exact) mass is 357 g/mol. The van der Waals surface area contributed by atoms with E-state index in [1.165, 1.54) is 0 Å². The maximum atomic E-state index is 12.8. The quantitative estimate of drug-likeness (QED) is 0.667. The van der Waals surface area contributed by atoms with E-state index in [-0.39, 0.29) is 17.3 Å². The number of nitrogens with one attached hydrogen (secondary N) is 3. The van der Waals surface area contributed by atoms with Crippen LogP contribution in [0.3, 0.4) is 0 Å². The molecule has 3 aromatic rings. The van der Waals surface area contributed by atoms with Crippen molar-refractivity contribution in [3.05, 3.63) is 82.1 Å². The lowest BCUT2D eigenvalue weighted by Gasteiger charge is -2.28. The minimum atomic E-state index is -1.00. The van der Waals surface area contributed by atoms with E-state index in [4.69, 9.17) is 0 Å². The summed E-state index contributed by atoms with van der Waals surface area (Å²) in [6.07, 6.45) is 0. The second kappa shape index (κ2) is 6.77. The molecule has 0 fully saturated rings. The third-order valence-electron chi connectivity index (χ3n) is 4.46. The fraction of sp³-hybridized carbons (Fsp3) is 0.100. The molecule has 0 spiro atoms. The molecule has 7 heteroatoms. The first-order valence-corrected chi connectivity index (χ1v) is 8.39. The third-order valence-corrected chi connectivity index (χ3v) is 4.46. The number of rotatable bonds is 3. The number of carbonyl (C=O) groups is 1. The number of para-hydroxylation sites is 1. The summed E-state index contributed by atoms with van der Waals surface area (Å²) in [7, 11) is 0. The van der Waals surface area contributed by atoms with Gasteiger partial charge < -0.3 is 10.6 Å². The normalized spacial score (nSPS) is 18.1. The van der Waals surface area contributed by atoms with Gasteiger partial charge in [0.05, 0.1) is 11.6 Å². The summed E-state index contributed by atoms with van der Waals surface area (Å²) < 4.78 is 0. The lowest BCUT2D eigenvalue weighted by Crippen LogP contribution is -2.38. The summed E-state index contributed by atoms with van der Waals surface area (Å²) in [5.41, 5.74) is 1.35. The SMILES string of the molecule is N#C[C@H]1C(=O)Nc2nc(Nc3ccccc3)[nH]c(=O)c2[C@@H]1c1ccccc1. The highest BCUT2D eigenvalue weighted by Gasteiger charge is 2.40. The number of anilines is 3. The third kappa shape index (κ3) is 3.04. The number of aromatic amines is 1. The van der Waals surface area contributed by atoms with Gasteiger partial charge in [0, 0.05) is 11.6 Å². The van der Waals surface area contributed by atoms with Crippen molar-refractivity contribution in [3.63, 3.8) is 0 Å². The highest BCUT2D eigenvalue weighted by atomic mass is 16.2. The molecule has 1 aromatic heterocycles. The van der Waals surface area contributed by atoms with Crippen LogP contribution in [-0.4, -0.2) is 15.9 Å². The number of benzene rings is 2. The van der Waals surface area contributed by atoms with Crippen LogP contribution in [0.5, 0.6) is 0 Å². The van der Waals surface area contributed by atoms with Crippen LogP contribution in [-0.2, 0) is 4.79 Å². The van der Waals surface area contributed by atoms with Crippen LogP contribution >= 0.6 is 0 Å². The Morgan fingerprint density at radius 2 is 1.67 bits per heavy atom. The predicted molar refractivity (Wildman–Crippen MR) is 101 cm³/mol. The van der Waals surface area contributed by atoms with Crippen molar-refractivity contribution in [1.29, 1.82) is 5.26 Å². The molecular formula is C20H15N5O2. The van der Waals surface area contributed by atoms with Gasteiger partial charge >= 0.3 is 0 Å². The molecule has 2 atom stereocenters. The molecule has 7 nitrogen and oxygen atoms in total. The minimum Gasteiger partial charge on any atom is -0.326 e. The zero-order chi connectivity index (χ0) is 18.8. The molecule has 132 valence electrons. The number of hydrogen-bond donors (Lipinski definition) is 3. The number of nitriles is 1. The van der Waals surface area contributed by atoms with Crippen molar-refractivity contribution in [1.82, 2.24) is 9.97 Å². The molecule has 3 N–H and O–H groups in total. The molecule has 2 aromatic carbocycles. The molecule has 27 heavy (non-hydrogen) atoms. The number of nitrogens with zero attached hydrogens (tertiary/aromatic N) is 2. The highest BCUT2D eigenvalue weighted by molar-refractivity contribution is 5.98. The number of fused-ring (bicyclic) bond motifs is 1. The summed E-state index contributed by atoms with van der Waals surface area (Å²) in [5, 5.41) is 15.1. The molecule has 4 rings (SSSR count). The maximum Gasteiger partial charge on any atom is 0.258 e. The van der Waals surface area contributed by atoms with Crippen molar-refractivity contribution in [2.75, 3.05) is 10.6 Å². The van der Waals surface area contributed by atoms with Gasteiger partial charge in [0.15, 0.2) is 0 Å². The van der Waals surface area contributed by atoms with Gasteiger partial charge in [0.1, 0.15) is 11.7 Å². The van der Waals surface area contributed by atoms with Gasteiger partial charge in [-0.15, -0.1) is 0 Å². The summed E-state index contributed by atoms with van der Waals surface area (Å²) >= 11 is 0. The van der Waals surface area contributed by atoms with Crippen LogP contribution in [0, 0.1) is 17.2 Å². The Morgan fingerprint density at radius 3 is 2.33 bits per heavy atom. The van der Waals surface area contributed by atoms with E-state index in [2.05, 4.69) is 20.6 Å². The number of hydrogen-bond acceptors (Lipinski definition) is 5. The first-order valence-electron chi connectivity index (χ1n) is 8.39. The van der Waals surface area contributed by atoms with Gasteiger partial charge in [0.2, 0.25) is 11.9 Å². The molecule has 1 amide bonds. The van der Waals surface area contributed by atoms with E-state index in [0.717, 1.165) is 11.3 Å². The molecule has 2 heterocycles. The molecule has 0 unspecified atom stereocenters. The second-order valence-corrected chi connectivity index (χ2v) is 6.15. The largest absolute Gasteiger partial charge is 0.326 e. The number of H-pyrrole nitrogens is 1. The van der Waals surface area contributed by atoms with Crippen molar-refractivity contribution in [2.45, 2.75) is 5.92 Å². The second-order valence-electron chi connectivity index (χ2n) is 6.15. The molecule has 0 radical (unpaired) electrons. The van der Waals surface area contributed by atoms with Gasteiger partial charge in [-0.05, 0) is 17.7 Å². The van der Waals surface area contributed by atoms with E-state index in [9.17, 15) is 14.9 Å². The Labute approximate surface area is 154 Å². The number of aromatic nitrogens is 2. The first kappa shape index (κ1) is 16.5. The smallest absolute Gasteiger partial charge is 0.258 e.